The first-order valence-corrected chi connectivity index (χ1v) is 11.9. The Balaban J connectivity index is 1.65. The van der Waals surface area contributed by atoms with Crippen molar-refractivity contribution < 1.29 is 4.79 Å². The van der Waals surface area contributed by atoms with E-state index in [1.54, 1.807) is 6.08 Å². The van der Waals surface area contributed by atoms with E-state index in [0.29, 0.717) is 29.7 Å². The van der Waals surface area contributed by atoms with Crippen LogP contribution in [0.15, 0.2) is 77.5 Å². The summed E-state index contributed by atoms with van der Waals surface area (Å²) in [6.45, 7) is 8.67. The molecule has 0 fully saturated rings. The lowest BCUT2D eigenvalue weighted by molar-refractivity contribution is -0.120. The van der Waals surface area contributed by atoms with Crippen LogP contribution in [0.4, 0.5) is 5.69 Å². The largest absolute Gasteiger partial charge is 0.378 e. The quantitative estimate of drug-likeness (QED) is 0.171. The number of allylic oxidation sites excluding steroid dienone is 1. The van der Waals surface area contributed by atoms with Gasteiger partial charge in [0.05, 0.1) is 17.5 Å². The molecule has 0 radical (unpaired) electrons. The topological polar surface area (TPSA) is 84.2 Å². The average molecular weight is 483 g/mol. The zero-order valence-electron chi connectivity index (χ0n) is 18.7. The second-order valence-corrected chi connectivity index (χ2v) is 8.92. The molecule has 3 rings (SSSR count). The number of nitrogens with one attached hydrogen (secondary N) is 2. The maximum Gasteiger partial charge on any atom is 0.253 e. The second kappa shape index (κ2) is 12.2. The predicted octanol–water partition coefficient (Wildman–Crippen LogP) is 5.14. The van der Waals surface area contributed by atoms with Crippen LogP contribution < -0.4 is 10.7 Å². The highest BCUT2D eigenvalue weighted by Crippen LogP contribution is 2.23. The summed E-state index contributed by atoms with van der Waals surface area (Å²) in [5.74, 6) is 0.547. The number of hydrogen-bond donors (Lipinski definition) is 2. The standard InChI is InChI=1S/C24H27ClN6OS/c1-4-15-31-22(16-26-20-13-11-19(25)12-14-20)28-30-24(31)33-17(3)23(32)29-27-21(5-2)18-9-7-6-8-10-18/h4,6-14,17,26H,1,5,15-16H2,2-3H3,(H,29,32)/b27-21+/t17-/m0/s1. The number of rotatable bonds is 11. The zero-order chi connectivity index (χ0) is 23.6. The van der Waals surface area contributed by atoms with Crippen LogP contribution in [-0.4, -0.2) is 31.6 Å². The number of hydrazone groups is 1. The van der Waals surface area contributed by atoms with Crippen LogP contribution in [0.25, 0.3) is 0 Å². The molecule has 7 nitrogen and oxygen atoms in total. The molecule has 0 aliphatic heterocycles. The van der Waals surface area contributed by atoms with E-state index >= 15 is 0 Å². The molecule has 3 aromatic rings. The van der Waals surface area contributed by atoms with Crippen LogP contribution in [0.5, 0.6) is 0 Å². The van der Waals surface area contributed by atoms with Gasteiger partial charge in [0, 0.05) is 17.3 Å². The summed E-state index contributed by atoms with van der Waals surface area (Å²) in [5, 5.41) is 17.2. The number of amides is 1. The van der Waals surface area contributed by atoms with Crippen molar-refractivity contribution in [2.75, 3.05) is 5.32 Å². The molecule has 1 heterocycles. The number of aromatic nitrogens is 3. The fraction of sp³-hybridized carbons (Fsp3) is 0.250. The first-order valence-electron chi connectivity index (χ1n) is 10.6. The van der Waals surface area contributed by atoms with E-state index in [1.165, 1.54) is 11.8 Å². The van der Waals surface area contributed by atoms with Crippen LogP contribution in [0, 0.1) is 0 Å². The summed E-state index contributed by atoms with van der Waals surface area (Å²) < 4.78 is 1.94. The molecule has 0 bridgehead atoms. The van der Waals surface area contributed by atoms with Crippen LogP contribution in [0.2, 0.25) is 5.02 Å². The van der Waals surface area contributed by atoms with E-state index in [-0.39, 0.29) is 5.91 Å². The number of carbonyl (C=O) groups is 1. The number of halogens is 1. The Hall–Kier alpha value is -3.10. The summed E-state index contributed by atoms with van der Waals surface area (Å²) >= 11 is 7.28. The Morgan fingerprint density at radius 2 is 1.94 bits per heavy atom. The van der Waals surface area contributed by atoms with Crippen molar-refractivity contribution in [2.24, 2.45) is 5.10 Å². The van der Waals surface area contributed by atoms with Gasteiger partial charge in [0.1, 0.15) is 0 Å². The number of carbonyl (C=O) groups excluding carboxylic acids is 1. The lowest BCUT2D eigenvalue weighted by Crippen LogP contribution is -2.28. The van der Waals surface area contributed by atoms with Crippen molar-refractivity contribution >= 4 is 40.7 Å². The smallest absolute Gasteiger partial charge is 0.253 e. The molecular weight excluding hydrogens is 456 g/mol. The molecule has 0 unspecified atom stereocenters. The minimum Gasteiger partial charge on any atom is -0.378 e. The van der Waals surface area contributed by atoms with E-state index in [2.05, 4.69) is 32.6 Å². The molecule has 0 aliphatic carbocycles. The van der Waals surface area contributed by atoms with Gasteiger partial charge in [-0.05, 0) is 43.2 Å². The lowest BCUT2D eigenvalue weighted by atomic mass is 10.1. The summed E-state index contributed by atoms with van der Waals surface area (Å²) in [4.78, 5) is 12.7. The van der Waals surface area contributed by atoms with Gasteiger partial charge >= 0.3 is 0 Å². The summed E-state index contributed by atoms with van der Waals surface area (Å²) in [6.07, 6.45) is 2.49. The Labute approximate surface area is 203 Å². The van der Waals surface area contributed by atoms with E-state index in [0.717, 1.165) is 22.8 Å². The molecule has 0 spiro atoms. The Kier molecular flexibility index (Phi) is 9.09. The maximum absolute atomic E-state index is 12.7. The Bertz CT molecular complexity index is 1100. The van der Waals surface area contributed by atoms with Crippen molar-refractivity contribution in [3.05, 3.63) is 83.7 Å². The third kappa shape index (κ3) is 6.94. The average Bonchev–Trinajstić information content (AvgIpc) is 3.21. The number of anilines is 1. The normalized spacial score (nSPS) is 12.3. The molecule has 33 heavy (non-hydrogen) atoms. The number of benzene rings is 2. The molecule has 1 aromatic heterocycles. The van der Waals surface area contributed by atoms with E-state index < -0.39 is 5.25 Å². The third-order valence-electron chi connectivity index (χ3n) is 4.79. The molecule has 0 saturated carbocycles. The monoisotopic (exact) mass is 482 g/mol. The molecule has 0 saturated heterocycles. The molecule has 2 N–H and O–H groups in total. The Morgan fingerprint density at radius 1 is 1.21 bits per heavy atom. The highest BCUT2D eigenvalue weighted by atomic mass is 35.5. The van der Waals surface area contributed by atoms with Crippen LogP contribution in [0.1, 0.15) is 31.7 Å². The minimum absolute atomic E-state index is 0.198. The van der Waals surface area contributed by atoms with Gasteiger partial charge < -0.3 is 9.88 Å². The van der Waals surface area contributed by atoms with Crippen molar-refractivity contribution in [2.45, 2.75) is 43.8 Å². The van der Waals surface area contributed by atoms with Crippen molar-refractivity contribution in [1.29, 1.82) is 0 Å². The van der Waals surface area contributed by atoms with Gasteiger partial charge in [0.25, 0.3) is 5.91 Å². The maximum atomic E-state index is 12.7. The van der Waals surface area contributed by atoms with Crippen molar-refractivity contribution in [3.63, 3.8) is 0 Å². The highest BCUT2D eigenvalue weighted by molar-refractivity contribution is 8.00. The van der Waals surface area contributed by atoms with E-state index in [9.17, 15) is 4.79 Å². The van der Waals surface area contributed by atoms with E-state index in [1.807, 2.05) is 73.0 Å². The molecule has 9 heteroatoms. The third-order valence-corrected chi connectivity index (χ3v) is 6.13. The predicted molar refractivity (Wildman–Crippen MR) is 136 cm³/mol. The molecule has 1 atom stereocenters. The van der Waals surface area contributed by atoms with Gasteiger partial charge in [0.2, 0.25) is 0 Å². The van der Waals surface area contributed by atoms with Gasteiger partial charge in [-0.3, -0.25) is 4.79 Å². The molecule has 0 aliphatic rings. The summed E-state index contributed by atoms with van der Waals surface area (Å²) in [6, 6.07) is 17.3. The minimum atomic E-state index is -0.410. The number of nitrogens with zero attached hydrogens (tertiary/aromatic N) is 4. The van der Waals surface area contributed by atoms with Crippen molar-refractivity contribution in [3.8, 4) is 0 Å². The zero-order valence-corrected chi connectivity index (χ0v) is 20.2. The van der Waals surface area contributed by atoms with Crippen LogP contribution in [-0.2, 0) is 17.9 Å². The first-order chi connectivity index (χ1) is 16.0. The van der Waals surface area contributed by atoms with E-state index in [4.69, 9.17) is 11.6 Å². The molecular formula is C24H27ClN6OS. The van der Waals surface area contributed by atoms with Gasteiger partial charge in [-0.25, -0.2) is 5.43 Å². The Morgan fingerprint density at radius 3 is 2.61 bits per heavy atom. The lowest BCUT2D eigenvalue weighted by Gasteiger charge is -2.12. The van der Waals surface area contributed by atoms with Gasteiger partial charge in [-0.15, -0.1) is 16.8 Å². The summed E-state index contributed by atoms with van der Waals surface area (Å²) in [5.41, 5.74) is 5.43. The van der Waals surface area contributed by atoms with Crippen molar-refractivity contribution in [1.82, 2.24) is 20.2 Å². The van der Waals surface area contributed by atoms with Crippen LogP contribution >= 0.6 is 23.4 Å². The highest BCUT2D eigenvalue weighted by Gasteiger charge is 2.20. The second-order valence-electron chi connectivity index (χ2n) is 7.17. The van der Waals surface area contributed by atoms with Crippen LogP contribution in [0.3, 0.4) is 0 Å². The molecule has 2 aromatic carbocycles. The fourth-order valence-electron chi connectivity index (χ4n) is 3.00. The first kappa shape index (κ1) is 24.5. The van der Waals surface area contributed by atoms with Gasteiger partial charge in [-0.2, -0.15) is 5.10 Å². The van der Waals surface area contributed by atoms with Gasteiger partial charge in [-0.1, -0.05) is 66.7 Å². The number of hydrogen-bond acceptors (Lipinski definition) is 6. The molecule has 172 valence electrons. The fourth-order valence-corrected chi connectivity index (χ4v) is 4.00. The molecule has 1 amide bonds. The van der Waals surface area contributed by atoms with Gasteiger partial charge in [0.15, 0.2) is 11.0 Å². The number of thioether (sulfide) groups is 1. The SMILES string of the molecule is C=CCn1c(CNc2ccc(Cl)cc2)nnc1S[C@@H](C)C(=O)N/N=C(\CC)c1ccccc1. The summed E-state index contributed by atoms with van der Waals surface area (Å²) in [7, 11) is 0.